The Morgan fingerprint density at radius 2 is 1.68 bits per heavy atom. The minimum atomic E-state index is -0.708. The molecule has 2 aromatic carbocycles. The number of hydrogen-bond donors (Lipinski definition) is 2. The molecule has 0 aromatic heterocycles. The lowest BCUT2D eigenvalue weighted by Crippen LogP contribution is -2.42. The zero-order valence-corrected chi connectivity index (χ0v) is 18.0. The fraction of sp³-hybridized carbons (Fsp3) is 0.292. The summed E-state index contributed by atoms with van der Waals surface area (Å²) in [4.78, 5) is 36.5. The van der Waals surface area contributed by atoms with Gasteiger partial charge in [-0.3, -0.25) is 10.1 Å². The normalized spacial score (nSPS) is 11.0. The van der Waals surface area contributed by atoms with Crippen LogP contribution in [0.4, 0.5) is 4.79 Å². The maximum absolute atomic E-state index is 12.8. The van der Waals surface area contributed by atoms with Crippen LogP contribution in [0.3, 0.4) is 0 Å². The van der Waals surface area contributed by atoms with Gasteiger partial charge in [-0.25, -0.2) is 9.59 Å². The maximum atomic E-state index is 12.8. The third-order valence-electron chi connectivity index (χ3n) is 4.34. The summed E-state index contributed by atoms with van der Waals surface area (Å²) in [5.74, 6) is -0.365. The van der Waals surface area contributed by atoms with Crippen molar-refractivity contribution in [2.45, 2.75) is 20.3 Å². The summed E-state index contributed by atoms with van der Waals surface area (Å²) in [6.45, 7) is 3.95. The number of nitrogens with one attached hydrogen (secondary N) is 2. The first-order valence-corrected chi connectivity index (χ1v) is 10.1. The Morgan fingerprint density at radius 3 is 2.35 bits per heavy atom. The lowest BCUT2D eigenvalue weighted by atomic mass is 10.0. The van der Waals surface area contributed by atoms with E-state index in [0.29, 0.717) is 29.3 Å². The number of benzene rings is 2. The predicted molar refractivity (Wildman–Crippen MR) is 119 cm³/mol. The molecule has 0 heterocycles. The molecule has 3 amide bonds. The van der Waals surface area contributed by atoms with Crippen molar-refractivity contribution in [1.29, 1.82) is 0 Å². The summed E-state index contributed by atoms with van der Waals surface area (Å²) in [5.41, 5.74) is 1.58. The molecule has 2 aromatic rings. The molecule has 2 N–H and O–H groups in total. The van der Waals surface area contributed by atoms with Crippen LogP contribution in [-0.2, 0) is 14.3 Å². The molecule has 0 radical (unpaired) electrons. The maximum Gasteiger partial charge on any atom is 0.339 e. The molecular formula is C24H28N2O5. The number of carbonyl (C=O) groups is 3. The Morgan fingerprint density at radius 1 is 1.00 bits per heavy atom. The van der Waals surface area contributed by atoms with Crippen molar-refractivity contribution >= 4 is 29.6 Å². The van der Waals surface area contributed by atoms with Gasteiger partial charge in [0.25, 0.3) is 5.91 Å². The molecule has 0 saturated carbocycles. The monoisotopic (exact) mass is 424 g/mol. The second-order valence-electron chi connectivity index (χ2n) is 7.23. The lowest BCUT2D eigenvalue weighted by molar-refractivity contribution is -0.142. The second-order valence-corrected chi connectivity index (χ2v) is 7.23. The molecule has 2 rings (SSSR count). The van der Waals surface area contributed by atoms with E-state index in [2.05, 4.69) is 10.6 Å². The third-order valence-corrected chi connectivity index (χ3v) is 4.34. The zero-order chi connectivity index (χ0) is 22.6. The highest BCUT2D eigenvalue weighted by Crippen LogP contribution is 2.25. The third kappa shape index (κ3) is 7.97. The molecule has 0 saturated heterocycles. The van der Waals surface area contributed by atoms with E-state index >= 15 is 0 Å². The van der Waals surface area contributed by atoms with Crippen LogP contribution in [0.15, 0.2) is 54.6 Å². The highest BCUT2D eigenvalue weighted by atomic mass is 16.5. The number of methoxy groups -OCH3 is 1. The van der Waals surface area contributed by atoms with E-state index in [9.17, 15) is 14.4 Å². The minimum absolute atomic E-state index is 0.263. The smallest absolute Gasteiger partial charge is 0.339 e. The van der Waals surface area contributed by atoms with Crippen LogP contribution in [0.25, 0.3) is 11.6 Å². The highest BCUT2D eigenvalue weighted by molar-refractivity contribution is 6.22. The Balaban J connectivity index is 2.06. The van der Waals surface area contributed by atoms with Gasteiger partial charge in [-0.05, 0) is 30.0 Å². The van der Waals surface area contributed by atoms with Gasteiger partial charge < -0.3 is 14.8 Å². The van der Waals surface area contributed by atoms with E-state index in [1.165, 1.54) is 0 Å². The zero-order valence-electron chi connectivity index (χ0n) is 18.0. The number of rotatable bonds is 9. The van der Waals surface area contributed by atoms with Crippen LogP contribution in [0.2, 0.25) is 0 Å². The fourth-order valence-corrected chi connectivity index (χ4v) is 2.71. The van der Waals surface area contributed by atoms with Gasteiger partial charge in [-0.2, -0.15) is 0 Å². The summed E-state index contributed by atoms with van der Waals surface area (Å²) in [6.07, 6.45) is 2.44. The molecule has 0 spiro atoms. The average Bonchev–Trinajstić information content (AvgIpc) is 2.76. The Labute approximate surface area is 182 Å². The van der Waals surface area contributed by atoms with Crippen molar-refractivity contribution in [3.63, 3.8) is 0 Å². The van der Waals surface area contributed by atoms with Crippen LogP contribution in [-0.4, -0.2) is 38.2 Å². The number of hydrogen-bond acceptors (Lipinski definition) is 5. The van der Waals surface area contributed by atoms with Gasteiger partial charge in [0.15, 0.2) is 6.61 Å². The summed E-state index contributed by atoms with van der Waals surface area (Å²) in [5, 5.41) is 4.74. The first-order valence-electron chi connectivity index (χ1n) is 10.1. The van der Waals surface area contributed by atoms with Gasteiger partial charge in [0, 0.05) is 12.1 Å². The molecule has 7 nitrogen and oxygen atoms in total. The molecule has 0 aliphatic carbocycles. The fourth-order valence-electron chi connectivity index (χ4n) is 2.71. The van der Waals surface area contributed by atoms with Gasteiger partial charge in [0.05, 0.1) is 12.7 Å². The molecule has 0 unspecified atom stereocenters. The number of amides is 3. The number of ether oxygens (including phenoxy) is 2. The van der Waals surface area contributed by atoms with Crippen LogP contribution in [0.5, 0.6) is 5.75 Å². The molecule has 0 bridgehead atoms. The minimum Gasteiger partial charge on any atom is -0.496 e. The summed E-state index contributed by atoms with van der Waals surface area (Å²) in [6, 6.07) is 15.6. The first-order chi connectivity index (χ1) is 14.9. The van der Waals surface area contributed by atoms with Crippen molar-refractivity contribution in [2.75, 3.05) is 20.3 Å². The Bertz CT molecular complexity index is 923. The topological polar surface area (TPSA) is 93.7 Å². The Hall–Kier alpha value is -3.61. The van der Waals surface area contributed by atoms with Crippen molar-refractivity contribution in [1.82, 2.24) is 10.6 Å². The summed E-state index contributed by atoms with van der Waals surface area (Å²) >= 11 is 0. The number of para-hydroxylation sites is 1. The molecule has 164 valence electrons. The average molecular weight is 424 g/mol. The van der Waals surface area contributed by atoms with Gasteiger partial charge >= 0.3 is 12.0 Å². The standard InChI is InChI=1S/C24H28N2O5/c1-17(2)13-14-25-24(29)26-22(27)16-31-23(28)20(18-9-5-4-6-10-18)15-19-11-7-8-12-21(19)30-3/h4-12,15,17H,13-14,16H2,1-3H3,(H2,25,26,27,29)/b20-15+. The van der Waals surface area contributed by atoms with Crippen molar-refractivity contribution in [3.8, 4) is 5.75 Å². The summed E-state index contributed by atoms with van der Waals surface area (Å²) < 4.78 is 10.5. The van der Waals surface area contributed by atoms with Gasteiger partial charge in [-0.15, -0.1) is 0 Å². The van der Waals surface area contributed by atoms with Gasteiger partial charge in [-0.1, -0.05) is 62.4 Å². The number of carbonyl (C=O) groups excluding carboxylic acids is 3. The van der Waals surface area contributed by atoms with E-state index in [4.69, 9.17) is 9.47 Å². The van der Waals surface area contributed by atoms with E-state index in [1.54, 1.807) is 43.5 Å². The number of esters is 1. The van der Waals surface area contributed by atoms with Crippen LogP contribution >= 0.6 is 0 Å². The molecular weight excluding hydrogens is 396 g/mol. The Kier molecular flexibility index (Phi) is 9.29. The first kappa shape index (κ1) is 23.7. The van der Waals surface area contributed by atoms with Crippen molar-refractivity contribution < 1.29 is 23.9 Å². The van der Waals surface area contributed by atoms with E-state index in [1.807, 2.05) is 38.1 Å². The highest BCUT2D eigenvalue weighted by Gasteiger charge is 2.17. The molecule has 31 heavy (non-hydrogen) atoms. The van der Waals surface area contributed by atoms with E-state index in [-0.39, 0.29) is 5.57 Å². The molecule has 0 fully saturated rings. The quantitative estimate of drug-likeness (QED) is 0.364. The largest absolute Gasteiger partial charge is 0.496 e. The molecule has 0 aliphatic rings. The van der Waals surface area contributed by atoms with Crippen LogP contribution < -0.4 is 15.4 Å². The van der Waals surface area contributed by atoms with Crippen LogP contribution in [0.1, 0.15) is 31.4 Å². The van der Waals surface area contributed by atoms with Crippen LogP contribution in [0, 0.1) is 5.92 Å². The number of urea groups is 1. The van der Waals surface area contributed by atoms with Gasteiger partial charge in [0.2, 0.25) is 0 Å². The second kappa shape index (κ2) is 12.2. The number of imide groups is 1. The predicted octanol–water partition coefficient (Wildman–Crippen LogP) is 3.65. The van der Waals surface area contributed by atoms with E-state index < -0.39 is 24.5 Å². The summed E-state index contributed by atoms with van der Waals surface area (Å²) in [7, 11) is 1.55. The SMILES string of the molecule is COc1ccccc1/C=C(/C(=O)OCC(=O)NC(=O)NCCC(C)C)c1ccccc1. The van der Waals surface area contributed by atoms with Crippen molar-refractivity contribution in [2.24, 2.45) is 5.92 Å². The molecule has 0 atom stereocenters. The lowest BCUT2D eigenvalue weighted by Gasteiger charge is -2.11. The molecule has 0 aliphatic heterocycles. The van der Waals surface area contributed by atoms with Gasteiger partial charge in [0.1, 0.15) is 5.75 Å². The van der Waals surface area contributed by atoms with E-state index in [0.717, 1.165) is 6.42 Å². The molecule has 7 heteroatoms. The van der Waals surface area contributed by atoms with Crippen molar-refractivity contribution in [3.05, 3.63) is 65.7 Å².